The molecular weight excluding hydrogens is 418 g/mol. The molecule has 0 aliphatic heterocycles. The molecule has 10 heteroatoms. The van der Waals surface area contributed by atoms with Gasteiger partial charge in [-0.1, -0.05) is 30.0 Å². The maximum absolute atomic E-state index is 13.5. The zero-order valence-corrected chi connectivity index (χ0v) is 17.3. The Kier molecular flexibility index (Phi) is 7.21. The van der Waals surface area contributed by atoms with Gasteiger partial charge in [-0.05, 0) is 30.5 Å². The monoisotopic (exact) mass is 438 g/mol. The van der Waals surface area contributed by atoms with Crippen molar-refractivity contribution in [3.05, 3.63) is 46.7 Å². The predicted octanol–water partition coefficient (Wildman–Crippen LogP) is 3.75. The van der Waals surface area contributed by atoms with Gasteiger partial charge in [-0.3, -0.25) is 14.2 Å². The van der Waals surface area contributed by atoms with Gasteiger partial charge in [0.2, 0.25) is 11.8 Å². The van der Waals surface area contributed by atoms with Crippen molar-refractivity contribution in [2.24, 2.45) is 0 Å². The van der Waals surface area contributed by atoms with Crippen LogP contribution in [0.3, 0.4) is 0 Å². The average Bonchev–Trinajstić information content (AvgIpc) is 3.35. The number of carbonyl (C=O) groups is 2. The van der Waals surface area contributed by atoms with Gasteiger partial charge in [0, 0.05) is 11.4 Å². The fourth-order valence-corrected chi connectivity index (χ4v) is 4.29. The number of amides is 2. The van der Waals surface area contributed by atoms with Crippen LogP contribution in [-0.4, -0.2) is 45.1 Å². The van der Waals surface area contributed by atoms with Gasteiger partial charge in [-0.2, -0.15) is 8.78 Å². The van der Waals surface area contributed by atoms with E-state index in [9.17, 15) is 18.4 Å². The van der Waals surface area contributed by atoms with Gasteiger partial charge in [0.1, 0.15) is 0 Å². The normalized spacial score (nSPS) is 11.2. The Balaban J connectivity index is 1.59. The predicted molar refractivity (Wildman–Crippen MR) is 110 cm³/mol. The van der Waals surface area contributed by atoms with Crippen LogP contribution >= 0.6 is 23.1 Å². The Morgan fingerprint density at radius 3 is 2.76 bits per heavy atom. The number of thiophene rings is 1. The fourth-order valence-electron chi connectivity index (χ4n) is 2.73. The summed E-state index contributed by atoms with van der Waals surface area (Å²) in [7, 11) is 0. The number of alkyl halides is 2. The Hall–Kier alpha value is -2.46. The number of halogens is 2. The van der Waals surface area contributed by atoms with Crippen molar-refractivity contribution < 1.29 is 18.4 Å². The van der Waals surface area contributed by atoms with Gasteiger partial charge in [0.25, 0.3) is 0 Å². The highest BCUT2D eigenvalue weighted by Gasteiger charge is 2.21. The molecule has 0 saturated heterocycles. The molecular formula is C19H20F2N4O2S2. The van der Waals surface area contributed by atoms with Crippen LogP contribution in [0, 0.1) is 0 Å². The number of nitrogens with one attached hydrogen (secondary N) is 1. The summed E-state index contributed by atoms with van der Waals surface area (Å²) in [5.41, 5.74) is 0.765. The molecule has 154 valence electrons. The molecule has 0 aliphatic carbocycles. The van der Waals surface area contributed by atoms with Gasteiger partial charge in [0.05, 0.1) is 29.9 Å². The third-order valence-corrected chi connectivity index (χ3v) is 6.01. The molecule has 29 heavy (non-hydrogen) atoms. The van der Waals surface area contributed by atoms with Gasteiger partial charge in [-0.25, -0.2) is 4.98 Å². The first-order valence-electron chi connectivity index (χ1n) is 8.94. The van der Waals surface area contributed by atoms with E-state index in [-0.39, 0.29) is 29.3 Å². The van der Waals surface area contributed by atoms with Crippen molar-refractivity contribution >= 4 is 45.9 Å². The number of aromatic nitrogens is 2. The number of nitrogens with zero attached hydrogens (tertiary/aromatic N) is 3. The Morgan fingerprint density at radius 1 is 1.28 bits per heavy atom. The van der Waals surface area contributed by atoms with Crippen LogP contribution in [0.1, 0.15) is 18.4 Å². The van der Waals surface area contributed by atoms with Crippen LogP contribution in [0.15, 0.2) is 46.9 Å². The standard InChI is InChI=1S/C19H20F2N4O2S2/c1-2-24(11-16(26)22-10-13-6-5-9-28-13)17(27)12-29-19-23-14-7-3-4-8-15(14)25(19)18(20)21/h3-9,18H,2,10-12H2,1H3,(H,22,26). The van der Waals surface area contributed by atoms with Crippen molar-refractivity contribution in [1.82, 2.24) is 19.8 Å². The summed E-state index contributed by atoms with van der Waals surface area (Å²) in [6.07, 6.45) is 0. The van der Waals surface area contributed by atoms with E-state index in [1.807, 2.05) is 17.5 Å². The average molecular weight is 439 g/mol. The van der Waals surface area contributed by atoms with Crippen LogP contribution < -0.4 is 5.32 Å². The van der Waals surface area contributed by atoms with E-state index < -0.39 is 6.55 Å². The van der Waals surface area contributed by atoms with E-state index in [2.05, 4.69) is 10.3 Å². The molecule has 0 fully saturated rings. The number of rotatable bonds is 9. The van der Waals surface area contributed by atoms with Crippen molar-refractivity contribution in [3.8, 4) is 0 Å². The van der Waals surface area contributed by atoms with Crippen LogP contribution in [0.25, 0.3) is 11.0 Å². The van der Waals surface area contributed by atoms with E-state index in [4.69, 9.17) is 0 Å². The highest BCUT2D eigenvalue weighted by molar-refractivity contribution is 7.99. The maximum Gasteiger partial charge on any atom is 0.321 e. The first-order chi connectivity index (χ1) is 14.0. The number of thioether (sulfide) groups is 1. The Labute approximate surface area is 174 Å². The Bertz CT molecular complexity index is 976. The lowest BCUT2D eigenvalue weighted by molar-refractivity contribution is -0.133. The minimum absolute atomic E-state index is 0.0766. The van der Waals surface area contributed by atoms with E-state index in [1.54, 1.807) is 31.2 Å². The molecule has 0 bridgehead atoms. The molecule has 2 amide bonds. The lowest BCUT2D eigenvalue weighted by Crippen LogP contribution is -2.41. The first-order valence-corrected chi connectivity index (χ1v) is 10.8. The zero-order chi connectivity index (χ0) is 20.8. The van der Waals surface area contributed by atoms with E-state index >= 15 is 0 Å². The zero-order valence-electron chi connectivity index (χ0n) is 15.7. The van der Waals surface area contributed by atoms with Crippen molar-refractivity contribution in [1.29, 1.82) is 0 Å². The number of fused-ring (bicyclic) bond motifs is 1. The van der Waals surface area contributed by atoms with Crippen LogP contribution in [-0.2, 0) is 16.1 Å². The molecule has 0 unspecified atom stereocenters. The van der Waals surface area contributed by atoms with E-state index in [1.165, 1.54) is 16.2 Å². The van der Waals surface area contributed by atoms with Crippen molar-refractivity contribution in [2.45, 2.75) is 25.2 Å². The molecule has 2 aromatic heterocycles. The van der Waals surface area contributed by atoms with Gasteiger partial charge in [0.15, 0.2) is 5.16 Å². The third kappa shape index (κ3) is 5.33. The molecule has 6 nitrogen and oxygen atoms in total. The SMILES string of the molecule is CCN(CC(=O)NCc1cccs1)C(=O)CSc1nc2ccccc2n1C(F)F. The third-order valence-electron chi connectivity index (χ3n) is 4.19. The quantitative estimate of drug-likeness (QED) is 0.517. The second-order valence-electron chi connectivity index (χ2n) is 6.08. The summed E-state index contributed by atoms with van der Waals surface area (Å²) < 4.78 is 27.8. The topological polar surface area (TPSA) is 67.2 Å². The lowest BCUT2D eigenvalue weighted by Gasteiger charge is -2.20. The molecule has 0 spiro atoms. The van der Waals surface area contributed by atoms with Crippen molar-refractivity contribution in [2.75, 3.05) is 18.8 Å². The Morgan fingerprint density at radius 2 is 2.07 bits per heavy atom. The van der Waals surface area contributed by atoms with Crippen LogP contribution in [0.4, 0.5) is 8.78 Å². The number of hydrogen-bond donors (Lipinski definition) is 1. The second kappa shape index (κ2) is 9.84. The highest BCUT2D eigenvalue weighted by atomic mass is 32.2. The van der Waals surface area contributed by atoms with Crippen LogP contribution in [0.5, 0.6) is 0 Å². The summed E-state index contributed by atoms with van der Waals surface area (Å²) >= 11 is 2.48. The molecule has 2 heterocycles. The number of para-hydroxylation sites is 2. The summed E-state index contributed by atoms with van der Waals surface area (Å²) in [4.78, 5) is 31.3. The fraction of sp³-hybridized carbons (Fsp3) is 0.316. The number of carbonyl (C=O) groups excluding carboxylic acids is 2. The summed E-state index contributed by atoms with van der Waals surface area (Å²) in [5, 5.41) is 4.78. The van der Waals surface area contributed by atoms with Gasteiger partial charge >= 0.3 is 6.55 Å². The van der Waals surface area contributed by atoms with Crippen molar-refractivity contribution in [3.63, 3.8) is 0 Å². The smallest absolute Gasteiger partial charge is 0.321 e. The molecule has 0 radical (unpaired) electrons. The number of benzene rings is 1. The van der Waals surface area contributed by atoms with Crippen LogP contribution in [0.2, 0.25) is 0 Å². The highest BCUT2D eigenvalue weighted by Crippen LogP contribution is 2.29. The first kappa shape index (κ1) is 21.3. The molecule has 3 rings (SSSR count). The molecule has 3 aromatic rings. The largest absolute Gasteiger partial charge is 0.350 e. The second-order valence-corrected chi connectivity index (χ2v) is 8.06. The summed E-state index contributed by atoms with van der Waals surface area (Å²) in [5.74, 6) is -0.655. The lowest BCUT2D eigenvalue weighted by atomic mass is 10.3. The molecule has 0 atom stereocenters. The maximum atomic E-state index is 13.5. The minimum Gasteiger partial charge on any atom is -0.350 e. The molecule has 1 aromatic carbocycles. The number of hydrogen-bond acceptors (Lipinski definition) is 5. The molecule has 1 N–H and O–H groups in total. The van der Waals surface area contributed by atoms with E-state index in [0.29, 0.717) is 24.1 Å². The van der Waals surface area contributed by atoms with Gasteiger partial charge < -0.3 is 10.2 Å². The minimum atomic E-state index is -2.76. The molecule has 0 aliphatic rings. The number of likely N-dealkylation sites (N-methyl/N-ethyl adjacent to an activating group) is 1. The number of imidazole rings is 1. The molecule has 0 saturated carbocycles. The summed E-state index contributed by atoms with van der Waals surface area (Å²) in [6, 6.07) is 10.4. The van der Waals surface area contributed by atoms with Gasteiger partial charge in [-0.15, -0.1) is 11.3 Å². The summed E-state index contributed by atoms with van der Waals surface area (Å²) in [6.45, 7) is -0.312. The van der Waals surface area contributed by atoms with E-state index in [0.717, 1.165) is 21.2 Å².